The first kappa shape index (κ1) is 19.3. The van der Waals surface area contributed by atoms with Crippen LogP contribution in [0.25, 0.3) is 0 Å². The number of aromatic nitrogens is 3. The fraction of sp³-hybridized carbons (Fsp3) is 0.438. The van der Waals surface area contributed by atoms with Crippen molar-refractivity contribution in [1.29, 1.82) is 0 Å². The van der Waals surface area contributed by atoms with Crippen LogP contribution in [0.15, 0.2) is 30.7 Å². The van der Waals surface area contributed by atoms with Crippen LogP contribution in [-0.2, 0) is 18.9 Å². The molecule has 3 rings (SSSR count). The smallest absolute Gasteiger partial charge is 0.354 e. The molecule has 27 heavy (non-hydrogen) atoms. The number of halogens is 6. The Hall–Kier alpha value is -2.43. The lowest BCUT2D eigenvalue weighted by molar-refractivity contribution is -0.142. The van der Waals surface area contributed by atoms with Gasteiger partial charge in [-0.3, -0.25) is 9.88 Å². The summed E-state index contributed by atoms with van der Waals surface area (Å²) in [7, 11) is 0. The van der Waals surface area contributed by atoms with Gasteiger partial charge >= 0.3 is 12.4 Å². The van der Waals surface area contributed by atoms with E-state index >= 15 is 0 Å². The predicted octanol–water partition coefficient (Wildman–Crippen LogP) is 3.23. The van der Waals surface area contributed by atoms with Gasteiger partial charge in [0.2, 0.25) is 0 Å². The number of rotatable bonds is 3. The molecule has 0 spiro atoms. The summed E-state index contributed by atoms with van der Waals surface area (Å²) < 4.78 is 77.4. The Morgan fingerprint density at radius 3 is 2.11 bits per heavy atom. The van der Waals surface area contributed by atoms with E-state index in [9.17, 15) is 26.3 Å². The van der Waals surface area contributed by atoms with E-state index in [1.807, 2.05) is 0 Å². The molecule has 1 aliphatic heterocycles. The minimum atomic E-state index is -4.59. The molecule has 0 aliphatic carbocycles. The van der Waals surface area contributed by atoms with Crippen molar-refractivity contribution in [2.45, 2.75) is 18.9 Å². The minimum absolute atomic E-state index is 0.0352. The van der Waals surface area contributed by atoms with Gasteiger partial charge < -0.3 is 4.90 Å². The number of hydrogen-bond donors (Lipinski definition) is 0. The summed E-state index contributed by atoms with van der Waals surface area (Å²) in [5, 5.41) is 0. The average molecular weight is 391 g/mol. The minimum Gasteiger partial charge on any atom is -0.354 e. The third-order valence-corrected chi connectivity index (χ3v) is 4.19. The zero-order chi connectivity index (χ0) is 19.7. The summed E-state index contributed by atoms with van der Waals surface area (Å²) >= 11 is 0. The highest BCUT2D eigenvalue weighted by atomic mass is 19.4. The Bertz CT molecular complexity index is 783. The molecule has 0 saturated carbocycles. The molecule has 0 unspecified atom stereocenters. The Morgan fingerprint density at radius 1 is 0.815 bits per heavy atom. The molecule has 0 bridgehead atoms. The Balaban J connectivity index is 1.65. The number of piperazine rings is 1. The molecule has 0 amide bonds. The Kier molecular flexibility index (Phi) is 5.22. The summed E-state index contributed by atoms with van der Waals surface area (Å²) in [5.74, 6) is 0.194. The third kappa shape index (κ3) is 4.65. The molecule has 0 aromatic carbocycles. The van der Waals surface area contributed by atoms with Crippen molar-refractivity contribution in [3.05, 3.63) is 47.7 Å². The van der Waals surface area contributed by atoms with E-state index in [1.54, 1.807) is 9.80 Å². The third-order valence-electron chi connectivity index (χ3n) is 4.19. The van der Waals surface area contributed by atoms with E-state index in [1.165, 1.54) is 6.20 Å². The second-order valence-corrected chi connectivity index (χ2v) is 6.01. The lowest BCUT2D eigenvalue weighted by atomic mass is 10.2. The standard InChI is InChI=1S/C16H15F6N5/c17-15(18,19)11-1-2-24-13(9-11)27-7-5-26(6-8-27)10-12-14(16(20,21)22)25-4-3-23-12/h1-4,9H,5-8,10H2. The van der Waals surface area contributed by atoms with Crippen molar-refractivity contribution < 1.29 is 26.3 Å². The summed E-state index contributed by atoms with van der Waals surface area (Å²) in [6.45, 7) is 1.38. The molecule has 3 heterocycles. The van der Waals surface area contributed by atoms with Gasteiger partial charge in [0.1, 0.15) is 5.82 Å². The van der Waals surface area contributed by atoms with Crippen LogP contribution >= 0.6 is 0 Å². The monoisotopic (exact) mass is 391 g/mol. The molecule has 0 atom stereocenters. The Labute approximate surface area is 150 Å². The quantitative estimate of drug-likeness (QED) is 0.752. The molecular formula is C16H15F6N5. The van der Waals surface area contributed by atoms with Gasteiger partial charge in [0.05, 0.1) is 11.3 Å². The van der Waals surface area contributed by atoms with Gasteiger partial charge in [-0.1, -0.05) is 0 Å². The molecule has 11 heteroatoms. The van der Waals surface area contributed by atoms with E-state index in [0.717, 1.165) is 24.5 Å². The van der Waals surface area contributed by atoms with Crippen LogP contribution in [0.3, 0.4) is 0 Å². The highest BCUT2D eigenvalue weighted by Crippen LogP contribution is 2.31. The number of hydrogen-bond acceptors (Lipinski definition) is 5. The maximum Gasteiger partial charge on any atom is 0.435 e. The zero-order valence-corrected chi connectivity index (χ0v) is 13.9. The van der Waals surface area contributed by atoms with Crippen molar-refractivity contribution in [1.82, 2.24) is 19.9 Å². The van der Waals surface area contributed by atoms with Crippen molar-refractivity contribution in [2.75, 3.05) is 31.1 Å². The number of pyridine rings is 1. The molecule has 0 N–H and O–H groups in total. The Morgan fingerprint density at radius 2 is 1.48 bits per heavy atom. The van der Waals surface area contributed by atoms with Crippen LogP contribution in [0.5, 0.6) is 0 Å². The average Bonchev–Trinajstić information content (AvgIpc) is 2.61. The summed E-state index contributed by atoms with van der Waals surface area (Å²) in [6, 6.07) is 1.87. The molecule has 2 aromatic rings. The topological polar surface area (TPSA) is 45.2 Å². The molecule has 0 radical (unpaired) electrons. The first-order valence-electron chi connectivity index (χ1n) is 8.02. The van der Waals surface area contributed by atoms with E-state index in [-0.39, 0.29) is 18.1 Å². The highest BCUT2D eigenvalue weighted by Gasteiger charge is 2.36. The molecule has 146 valence electrons. The largest absolute Gasteiger partial charge is 0.435 e. The summed E-state index contributed by atoms with van der Waals surface area (Å²) in [6.07, 6.45) is -5.76. The predicted molar refractivity (Wildman–Crippen MR) is 83.8 cm³/mol. The van der Waals surface area contributed by atoms with E-state index in [2.05, 4.69) is 15.0 Å². The first-order chi connectivity index (χ1) is 12.6. The SMILES string of the molecule is FC(F)(F)c1ccnc(N2CCN(Cc3nccnc3C(F)(F)F)CC2)c1. The fourth-order valence-corrected chi connectivity index (χ4v) is 2.83. The zero-order valence-electron chi connectivity index (χ0n) is 13.9. The van der Waals surface area contributed by atoms with Gasteiger partial charge in [-0.2, -0.15) is 26.3 Å². The van der Waals surface area contributed by atoms with Crippen LogP contribution < -0.4 is 4.90 Å². The number of anilines is 1. The second-order valence-electron chi connectivity index (χ2n) is 6.01. The van der Waals surface area contributed by atoms with Gasteiger partial charge in [-0.15, -0.1) is 0 Å². The maximum atomic E-state index is 13.0. The normalized spacial score (nSPS) is 16.6. The van der Waals surface area contributed by atoms with Crippen molar-refractivity contribution in [3.63, 3.8) is 0 Å². The number of nitrogens with zero attached hydrogens (tertiary/aromatic N) is 5. The second kappa shape index (κ2) is 7.29. The van der Waals surface area contributed by atoms with Gasteiger partial charge in [0, 0.05) is 51.3 Å². The van der Waals surface area contributed by atoms with E-state index < -0.39 is 23.6 Å². The lowest BCUT2D eigenvalue weighted by Gasteiger charge is -2.35. The highest BCUT2D eigenvalue weighted by molar-refractivity contribution is 5.42. The van der Waals surface area contributed by atoms with Crippen LogP contribution in [0.2, 0.25) is 0 Å². The van der Waals surface area contributed by atoms with Crippen LogP contribution in [0.1, 0.15) is 17.0 Å². The van der Waals surface area contributed by atoms with Gasteiger partial charge in [0.15, 0.2) is 5.69 Å². The van der Waals surface area contributed by atoms with Crippen LogP contribution in [0.4, 0.5) is 32.2 Å². The van der Waals surface area contributed by atoms with Gasteiger partial charge in [-0.25, -0.2) is 9.97 Å². The maximum absolute atomic E-state index is 13.0. The van der Waals surface area contributed by atoms with Crippen LogP contribution in [-0.4, -0.2) is 46.0 Å². The molecule has 5 nitrogen and oxygen atoms in total. The summed E-state index contributed by atoms with van der Waals surface area (Å²) in [5.41, 5.74) is -1.98. The van der Waals surface area contributed by atoms with Crippen molar-refractivity contribution >= 4 is 5.82 Å². The number of alkyl halides is 6. The van der Waals surface area contributed by atoms with E-state index in [0.29, 0.717) is 26.2 Å². The fourth-order valence-electron chi connectivity index (χ4n) is 2.83. The van der Waals surface area contributed by atoms with Gasteiger partial charge in [0.25, 0.3) is 0 Å². The molecule has 2 aromatic heterocycles. The van der Waals surface area contributed by atoms with Crippen LogP contribution in [0, 0.1) is 0 Å². The molecular weight excluding hydrogens is 376 g/mol. The molecule has 1 aliphatic rings. The van der Waals surface area contributed by atoms with Crippen molar-refractivity contribution in [3.8, 4) is 0 Å². The lowest BCUT2D eigenvalue weighted by Crippen LogP contribution is -2.46. The van der Waals surface area contributed by atoms with Gasteiger partial charge in [-0.05, 0) is 12.1 Å². The summed E-state index contributed by atoms with van der Waals surface area (Å²) in [4.78, 5) is 14.5. The van der Waals surface area contributed by atoms with E-state index in [4.69, 9.17) is 0 Å². The molecule has 1 saturated heterocycles. The molecule has 1 fully saturated rings. The first-order valence-corrected chi connectivity index (χ1v) is 8.02. The van der Waals surface area contributed by atoms with Crippen molar-refractivity contribution in [2.24, 2.45) is 0 Å².